The van der Waals surface area contributed by atoms with Crippen molar-refractivity contribution in [3.8, 4) is 0 Å². The van der Waals surface area contributed by atoms with Crippen LogP contribution in [-0.4, -0.2) is 31.6 Å². The highest BCUT2D eigenvalue weighted by atomic mass is 16.5. The van der Waals surface area contributed by atoms with Gasteiger partial charge in [-0.3, -0.25) is 4.79 Å². The number of morpholine rings is 1. The third-order valence-corrected chi connectivity index (χ3v) is 3.65. The van der Waals surface area contributed by atoms with E-state index in [9.17, 15) is 4.79 Å². The molecule has 0 amide bonds. The number of benzene rings is 1. The lowest BCUT2D eigenvalue weighted by molar-refractivity contribution is 0.0240. The fourth-order valence-corrected chi connectivity index (χ4v) is 2.37. The Hall–Kier alpha value is -1.19. The van der Waals surface area contributed by atoms with Gasteiger partial charge in [-0.2, -0.15) is 0 Å². The normalized spacial score (nSPS) is 19.7. The third-order valence-electron chi connectivity index (χ3n) is 3.65. The zero-order chi connectivity index (χ0) is 13.8. The maximum Gasteiger partial charge on any atom is 0.165 e. The molecule has 104 valence electrons. The summed E-state index contributed by atoms with van der Waals surface area (Å²) in [6.07, 6.45) is 0.485. The number of nitrogens with one attached hydrogen (secondary N) is 1. The lowest BCUT2D eigenvalue weighted by atomic mass is 9.94. The molecule has 0 saturated carbocycles. The van der Waals surface area contributed by atoms with Crippen LogP contribution in [0, 0.1) is 6.92 Å². The number of hydrogen-bond donors (Lipinski definition) is 1. The first-order valence-corrected chi connectivity index (χ1v) is 7.04. The number of Topliss-reactive ketones (excluding diaryl/α,β-unsaturated/α-hetero) is 1. The largest absolute Gasteiger partial charge is 0.375 e. The Kier molecular flexibility index (Phi) is 4.72. The molecule has 0 bridgehead atoms. The molecular weight excluding hydrogens is 238 g/mol. The summed E-state index contributed by atoms with van der Waals surface area (Å²) in [5, 5.41) is 3.26. The molecule has 1 aliphatic rings. The average Bonchev–Trinajstić information content (AvgIpc) is 2.40. The van der Waals surface area contributed by atoms with Crippen LogP contribution in [0.1, 0.15) is 47.7 Å². The van der Waals surface area contributed by atoms with Gasteiger partial charge in [0.05, 0.1) is 12.7 Å². The summed E-state index contributed by atoms with van der Waals surface area (Å²) < 4.78 is 5.60. The Morgan fingerprint density at radius 2 is 2.26 bits per heavy atom. The fourth-order valence-electron chi connectivity index (χ4n) is 2.37. The summed E-state index contributed by atoms with van der Waals surface area (Å²) in [6, 6.07) is 6.19. The highest BCUT2D eigenvalue weighted by Gasteiger charge is 2.19. The van der Waals surface area contributed by atoms with E-state index in [0.717, 1.165) is 24.2 Å². The second-order valence-electron chi connectivity index (χ2n) is 5.55. The number of rotatable bonds is 4. The maximum absolute atomic E-state index is 12.4. The Morgan fingerprint density at radius 1 is 1.47 bits per heavy atom. The van der Waals surface area contributed by atoms with Crippen molar-refractivity contribution in [2.45, 2.75) is 39.2 Å². The van der Waals surface area contributed by atoms with Crippen LogP contribution in [0.25, 0.3) is 0 Å². The monoisotopic (exact) mass is 261 g/mol. The highest BCUT2D eigenvalue weighted by Crippen LogP contribution is 2.20. The Bertz CT molecular complexity index is 448. The van der Waals surface area contributed by atoms with Crippen molar-refractivity contribution in [2.75, 3.05) is 19.7 Å². The van der Waals surface area contributed by atoms with Crippen LogP contribution >= 0.6 is 0 Å². The van der Waals surface area contributed by atoms with Gasteiger partial charge in [-0.05, 0) is 30.0 Å². The van der Waals surface area contributed by atoms with Gasteiger partial charge in [0.15, 0.2) is 5.78 Å². The van der Waals surface area contributed by atoms with Crippen LogP contribution in [0.2, 0.25) is 0 Å². The van der Waals surface area contributed by atoms with Gasteiger partial charge >= 0.3 is 0 Å². The van der Waals surface area contributed by atoms with E-state index in [-0.39, 0.29) is 11.9 Å². The van der Waals surface area contributed by atoms with E-state index < -0.39 is 0 Å². The lowest BCUT2D eigenvalue weighted by Gasteiger charge is -2.23. The molecule has 1 aliphatic heterocycles. The molecule has 1 aromatic carbocycles. The minimum Gasteiger partial charge on any atom is -0.375 e. The SMILES string of the molecule is Cc1ccc(C(C)C)cc1C(=O)CC1CNCCO1. The first kappa shape index (κ1) is 14.2. The lowest BCUT2D eigenvalue weighted by Crippen LogP contribution is -2.39. The maximum atomic E-state index is 12.4. The number of carbonyl (C=O) groups is 1. The molecule has 19 heavy (non-hydrogen) atoms. The van der Waals surface area contributed by atoms with Gasteiger partial charge in [-0.1, -0.05) is 26.0 Å². The zero-order valence-electron chi connectivity index (χ0n) is 12.0. The fraction of sp³-hybridized carbons (Fsp3) is 0.562. The first-order chi connectivity index (χ1) is 9.08. The molecule has 0 radical (unpaired) electrons. The van der Waals surface area contributed by atoms with Gasteiger partial charge in [0.25, 0.3) is 0 Å². The van der Waals surface area contributed by atoms with Crippen molar-refractivity contribution in [2.24, 2.45) is 0 Å². The molecule has 1 unspecified atom stereocenters. The van der Waals surface area contributed by atoms with Crippen molar-refractivity contribution in [3.05, 3.63) is 34.9 Å². The molecule has 0 aliphatic carbocycles. The number of aryl methyl sites for hydroxylation is 1. The topological polar surface area (TPSA) is 38.3 Å². The smallest absolute Gasteiger partial charge is 0.165 e. The number of hydrogen-bond acceptors (Lipinski definition) is 3. The van der Waals surface area contributed by atoms with E-state index >= 15 is 0 Å². The molecule has 1 aromatic rings. The molecule has 1 fully saturated rings. The van der Waals surface area contributed by atoms with Crippen molar-refractivity contribution in [3.63, 3.8) is 0 Å². The highest BCUT2D eigenvalue weighted by molar-refractivity contribution is 5.98. The predicted octanol–water partition coefficient (Wildman–Crippen LogP) is 2.68. The summed E-state index contributed by atoms with van der Waals surface area (Å²) in [5.74, 6) is 0.633. The van der Waals surface area contributed by atoms with Gasteiger partial charge in [-0.25, -0.2) is 0 Å². The van der Waals surface area contributed by atoms with Gasteiger partial charge in [-0.15, -0.1) is 0 Å². The second-order valence-corrected chi connectivity index (χ2v) is 5.55. The minimum atomic E-state index is 0.0170. The van der Waals surface area contributed by atoms with E-state index in [1.807, 2.05) is 19.1 Å². The molecule has 1 atom stereocenters. The molecular formula is C16H23NO2. The molecule has 1 N–H and O–H groups in total. The molecule has 0 aromatic heterocycles. The molecule has 0 spiro atoms. The zero-order valence-corrected chi connectivity index (χ0v) is 12.0. The summed E-state index contributed by atoms with van der Waals surface area (Å²) in [6.45, 7) is 8.64. The average molecular weight is 261 g/mol. The predicted molar refractivity (Wildman–Crippen MR) is 76.8 cm³/mol. The van der Waals surface area contributed by atoms with E-state index in [4.69, 9.17) is 4.74 Å². The van der Waals surface area contributed by atoms with Crippen LogP contribution in [0.15, 0.2) is 18.2 Å². The molecule has 2 rings (SSSR count). The molecule has 1 heterocycles. The van der Waals surface area contributed by atoms with E-state index in [1.165, 1.54) is 5.56 Å². The summed E-state index contributed by atoms with van der Waals surface area (Å²) >= 11 is 0. The van der Waals surface area contributed by atoms with Gasteiger partial charge in [0.2, 0.25) is 0 Å². The minimum absolute atomic E-state index is 0.0170. The van der Waals surface area contributed by atoms with Crippen molar-refractivity contribution in [1.29, 1.82) is 0 Å². The Morgan fingerprint density at radius 3 is 2.89 bits per heavy atom. The Labute approximate surface area is 115 Å². The molecule has 1 saturated heterocycles. The summed E-state index contributed by atoms with van der Waals surface area (Å²) in [7, 11) is 0. The number of ether oxygens (including phenoxy) is 1. The molecule has 3 heteroatoms. The quantitative estimate of drug-likeness (QED) is 0.847. The Balaban J connectivity index is 2.11. The van der Waals surface area contributed by atoms with Crippen molar-refractivity contribution >= 4 is 5.78 Å². The standard InChI is InChI=1S/C16H23NO2/c1-11(2)13-5-4-12(3)15(8-13)16(18)9-14-10-17-6-7-19-14/h4-5,8,11,14,17H,6-7,9-10H2,1-3H3. The van der Waals surface area contributed by atoms with Gasteiger partial charge in [0.1, 0.15) is 0 Å². The summed E-state index contributed by atoms with van der Waals surface area (Å²) in [4.78, 5) is 12.4. The van der Waals surface area contributed by atoms with Crippen LogP contribution in [0.3, 0.4) is 0 Å². The first-order valence-electron chi connectivity index (χ1n) is 7.04. The van der Waals surface area contributed by atoms with Crippen LogP contribution in [-0.2, 0) is 4.74 Å². The van der Waals surface area contributed by atoms with E-state index in [2.05, 4.69) is 25.2 Å². The van der Waals surface area contributed by atoms with E-state index in [1.54, 1.807) is 0 Å². The summed E-state index contributed by atoms with van der Waals surface area (Å²) in [5.41, 5.74) is 3.12. The number of ketones is 1. The number of carbonyl (C=O) groups excluding carboxylic acids is 1. The second kappa shape index (κ2) is 6.31. The van der Waals surface area contributed by atoms with Crippen molar-refractivity contribution < 1.29 is 9.53 Å². The van der Waals surface area contributed by atoms with Crippen LogP contribution in [0.4, 0.5) is 0 Å². The molecule has 3 nitrogen and oxygen atoms in total. The van der Waals surface area contributed by atoms with Crippen LogP contribution < -0.4 is 5.32 Å². The van der Waals surface area contributed by atoms with E-state index in [0.29, 0.717) is 18.9 Å². The van der Waals surface area contributed by atoms with Crippen LogP contribution in [0.5, 0.6) is 0 Å². The van der Waals surface area contributed by atoms with Crippen molar-refractivity contribution in [1.82, 2.24) is 5.32 Å². The van der Waals surface area contributed by atoms with Gasteiger partial charge < -0.3 is 10.1 Å². The van der Waals surface area contributed by atoms with Gasteiger partial charge in [0, 0.05) is 25.1 Å². The third kappa shape index (κ3) is 3.64.